The Balaban J connectivity index is 1.57. The fourth-order valence-corrected chi connectivity index (χ4v) is 4.09. The van der Waals surface area contributed by atoms with Crippen molar-refractivity contribution in [1.82, 2.24) is 9.55 Å². The van der Waals surface area contributed by atoms with Gasteiger partial charge < -0.3 is 14.9 Å². The van der Waals surface area contributed by atoms with E-state index in [1.165, 1.54) is 22.9 Å². The van der Waals surface area contributed by atoms with Crippen molar-refractivity contribution in [1.29, 1.82) is 0 Å². The topological polar surface area (TPSA) is 101 Å². The smallest absolute Gasteiger partial charge is 0.248 e. The molecule has 5 rings (SSSR count). The molecule has 0 aliphatic rings. The summed E-state index contributed by atoms with van der Waals surface area (Å²) >= 11 is 5.89. The highest BCUT2D eigenvalue weighted by molar-refractivity contribution is 6.30. The maximum absolute atomic E-state index is 13.4. The number of H-pyrrole nitrogens is 1. The summed E-state index contributed by atoms with van der Waals surface area (Å²) in [4.78, 5) is 53.8. The highest BCUT2D eigenvalue weighted by Gasteiger charge is 2.19. The zero-order valence-corrected chi connectivity index (χ0v) is 19.0. The van der Waals surface area contributed by atoms with Crippen molar-refractivity contribution in [3.8, 4) is 0 Å². The molecule has 172 valence electrons. The number of nitrogens with one attached hydrogen (secondary N) is 2. The van der Waals surface area contributed by atoms with Gasteiger partial charge in [0, 0.05) is 28.5 Å². The summed E-state index contributed by atoms with van der Waals surface area (Å²) in [7, 11) is 0. The molecule has 1 amide bonds. The Hall–Kier alpha value is -4.49. The van der Waals surface area contributed by atoms with Gasteiger partial charge in [-0.25, -0.2) is 0 Å². The minimum absolute atomic E-state index is 0.0385. The molecule has 0 unspecified atom stereocenters. The van der Waals surface area contributed by atoms with E-state index in [0.717, 1.165) is 10.8 Å². The molecule has 0 spiro atoms. The van der Waals surface area contributed by atoms with E-state index in [-0.39, 0.29) is 23.5 Å². The van der Waals surface area contributed by atoms with Crippen molar-refractivity contribution in [3.05, 3.63) is 122 Å². The van der Waals surface area contributed by atoms with Crippen LogP contribution < -0.4 is 16.3 Å². The lowest BCUT2D eigenvalue weighted by molar-refractivity contribution is -0.116. The van der Waals surface area contributed by atoms with E-state index in [9.17, 15) is 19.2 Å². The molecule has 0 fully saturated rings. The van der Waals surface area contributed by atoms with E-state index in [2.05, 4.69) is 10.3 Å². The van der Waals surface area contributed by atoms with Gasteiger partial charge in [-0.05, 0) is 47.2 Å². The lowest BCUT2D eigenvalue weighted by Crippen LogP contribution is -2.26. The van der Waals surface area contributed by atoms with Crippen molar-refractivity contribution >= 4 is 50.8 Å². The van der Waals surface area contributed by atoms with Gasteiger partial charge >= 0.3 is 0 Å². The number of aromatic nitrogens is 2. The molecular weight excluding hydrogens is 466 g/mol. The van der Waals surface area contributed by atoms with Crippen LogP contribution in [0.4, 0.5) is 5.69 Å². The van der Waals surface area contributed by atoms with Crippen molar-refractivity contribution in [3.63, 3.8) is 0 Å². The second-order valence-electron chi connectivity index (χ2n) is 8.03. The number of carbonyl (C=O) groups is 2. The maximum atomic E-state index is 13.4. The SMILES string of the molecule is O=C(Cn1cc(C(=O)c2ccc3ccccc3c2)c(=O)c2[nH]c(=O)ccc21)Nc1ccc(Cl)cc1. The average Bonchev–Trinajstić information content (AvgIpc) is 2.86. The Morgan fingerprint density at radius 2 is 1.63 bits per heavy atom. The van der Waals surface area contributed by atoms with E-state index in [1.807, 2.05) is 30.3 Å². The fourth-order valence-electron chi connectivity index (χ4n) is 3.97. The maximum Gasteiger partial charge on any atom is 0.248 e. The van der Waals surface area contributed by atoms with Crippen molar-refractivity contribution < 1.29 is 9.59 Å². The molecule has 5 aromatic rings. The predicted octanol–water partition coefficient (Wildman–Crippen LogP) is 4.37. The van der Waals surface area contributed by atoms with Crippen LogP contribution in [0.15, 0.2) is 94.6 Å². The first-order chi connectivity index (χ1) is 16.9. The predicted molar refractivity (Wildman–Crippen MR) is 136 cm³/mol. The monoisotopic (exact) mass is 483 g/mol. The highest BCUT2D eigenvalue weighted by atomic mass is 35.5. The lowest BCUT2D eigenvalue weighted by atomic mass is 10.00. The number of hydrogen-bond acceptors (Lipinski definition) is 4. The number of pyridine rings is 2. The van der Waals surface area contributed by atoms with Gasteiger partial charge in [0.25, 0.3) is 0 Å². The molecule has 0 aliphatic carbocycles. The number of carbonyl (C=O) groups excluding carboxylic acids is 2. The molecule has 2 N–H and O–H groups in total. The van der Waals surface area contributed by atoms with Gasteiger partial charge in [0.05, 0.1) is 11.1 Å². The molecule has 2 heterocycles. The minimum Gasteiger partial charge on any atom is -0.336 e. The van der Waals surface area contributed by atoms with Crippen LogP contribution in [-0.2, 0) is 11.3 Å². The zero-order valence-electron chi connectivity index (χ0n) is 18.2. The van der Waals surface area contributed by atoms with Crippen LogP contribution in [0, 0.1) is 0 Å². The van der Waals surface area contributed by atoms with Crippen LogP contribution in [0.1, 0.15) is 15.9 Å². The van der Waals surface area contributed by atoms with E-state index in [0.29, 0.717) is 21.8 Å². The second-order valence-corrected chi connectivity index (χ2v) is 8.47. The number of nitrogens with zero attached hydrogens (tertiary/aromatic N) is 1. The van der Waals surface area contributed by atoms with Crippen LogP contribution in [-0.4, -0.2) is 21.2 Å². The van der Waals surface area contributed by atoms with E-state index in [1.54, 1.807) is 36.4 Å². The van der Waals surface area contributed by atoms with Gasteiger partial charge in [0.15, 0.2) is 5.78 Å². The first-order valence-electron chi connectivity index (χ1n) is 10.7. The van der Waals surface area contributed by atoms with Crippen molar-refractivity contribution in [2.75, 3.05) is 5.32 Å². The van der Waals surface area contributed by atoms with Crippen molar-refractivity contribution in [2.24, 2.45) is 0 Å². The van der Waals surface area contributed by atoms with E-state index >= 15 is 0 Å². The Morgan fingerprint density at radius 1 is 0.886 bits per heavy atom. The standard InChI is InChI=1S/C27H18ClN3O4/c28-19-7-9-20(10-8-19)29-24(33)15-31-14-21(27(35)25-22(31)11-12-23(32)30-25)26(34)18-6-5-16-3-1-2-4-17(16)13-18/h1-14H,15H2,(H,29,33)(H,30,32). The Morgan fingerprint density at radius 3 is 2.40 bits per heavy atom. The first kappa shape index (κ1) is 22.3. The van der Waals surface area contributed by atoms with Gasteiger partial charge in [0.2, 0.25) is 16.9 Å². The number of amides is 1. The number of benzene rings is 3. The highest BCUT2D eigenvalue weighted by Crippen LogP contribution is 2.19. The molecule has 3 aromatic carbocycles. The number of anilines is 1. The van der Waals surface area contributed by atoms with Gasteiger partial charge in [-0.3, -0.25) is 19.2 Å². The Kier molecular flexibility index (Phi) is 5.76. The summed E-state index contributed by atoms with van der Waals surface area (Å²) in [5, 5.41) is 5.11. The van der Waals surface area contributed by atoms with Gasteiger partial charge in [-0.15, -0.1) is 0 Å². The molecule has 0 saturated heterocycles. The summed E-state index contributed by atoms with van der Waals surface area (Å²) in [6.45, 7) is -0.191. The third-order valence-corrected chi connectivity index (χ3v) is 5.91. The minimum atomic E-state index is -0.606. The number of ketones is 1. The number of aromatic amines is 1. The average molecular weight is 484 g/mol. The number of rotatable bonds is 5. The fraction of sp³-hybridized carbons (Fsp3) is 0.0370. The molecule has 8 heteroatoms. The molecule has 0 saturated carbocycles. The summed E-state index contributed by atoms with van der Waals surface area (Å²) < 4.78 is 1.48. The quantitative estimate of drug-likeness (QED) is 0.362. The number of hydrogen-bond donors (Lipinski definition) is 2. The summed E-state index contributed by atoms with van der Waals surface area (Å²) in [5.41, 5.74) is -0.0678. The third kappa shape index (κ3) is 4.49. The number of halogens is 1. The summed E-state index contributed by atoms with van der Waals surface area (Å²) in [6.07, 6.45) is 1.36. The van der Waals surface area contributed by atoms with Gasteiger partial charge in [-0.1, -0.05) is 48.0 Å². The van der Waals surface area contributed by atoms with Crippen LogP contribution in [0.3, 0.4) is 0 Å². The van der Waals surface area contributed by atoms with Gasteiger partial charge in [0.1, 0.15) is 12.1 Å². The van der Waals surface area contributed by atoms with Crippen LogP contribution in [0.25, 0.3) is 21.8 Å². The molecule has 7 nitrogen and oxygen atoms in total. The first-order valence-corrected chi connectivity index (χ1v) is 11.1. The van der Waals surface area contributed by atoms with Crippen LogP contribution >= 0.6 is 11.6 Å². The van der Waals surface area contributed by atoms with Crippen LogP contribution in [0.2, 0.25) is 5.02 Å². The second kappa shape index (κ2) is 9.04. The molecule has 0 bridgehead atoms. The number of fused-ring (bicyclic) bond motifs is 2. The molecular formula is C27H18ClN3O4. The van der Waals surface area contributed by atoms with Crippen molar-refractivity contribution in [2.45, 2.75) is 6.54 Å². The van der Waals surface area contributed by atoms with E-state index in [4.69, 9.17) is 11.6 Å². The molecule has 0 atom stereocenters. The summed E-state index contributed by atoms with van der Waals surface area (Å²) in [5.74, 6) is -0.883. The molecule has 35 heavy (non-hydrogen) atoms. The summed E-state index contributed by atoms with van der Waals surface area (Å²) in [6, 6.07) is 22.1. The molecule has 0 radical (unpaired) electrons. The molecule has 2 aromatic heterocycles. The van der Waals surface area contributed by atoms with Gasteiger partial charge in [-0.2, -0.15) is 0 Å². The van der Waals surface area contributed by atoms with E-state index < -0.39 is 16.8 Å². The normalized spacial score (nSPS) is 11.0. The zero-order chi connectivity index (χ0) is 24.5. The largest absolute Gasteiger partial charge is 0.336 e. The Labute approximate surface area is 203 Å². The van der Waals surface area contributed by atoms with Crippen LogP contribution in [0.5, 0.6) is 0 Å². The Bertz CT molecular complexity index is 1740. The lowest BCUT2D eigenvalue weighted by Gasteiger charge is -2.13. The molecule has 0 aliphatic heterocycles. The third-order valence-electron chi connectivity index (χ3n) is 5.66.